The number of aliphatic carboxylic acids is 1. The molecule has 1 aromatic rings. The fourth-order valence-corrected chi connectivity index (χ4v) is 2.70. The van der Waals surface area contributed by atoms with E-state index in [-0.39, 0.29) is 17.9 Å². The molecule has 0 bridgehead atoms. The molecule has 1 aliphatic rings. The predicted molar refractivity (Wildman–Crippen MR) is 91.2 cm³/mol. The fraction of sp³-hybridized carbons (Fsp3) is 0.588. The summed E-state index contributed by atoms with van der Waals surface area (Å²) in [5, 5.41) is 57.9. The van der Waals surface area contributed by atoms with Crippen LogP contribution in [0.2, 0.25) is 0 Å². The largest absolute Gasteiger partial charge is 0.506 e. The number of aliphatic hydroxyl groups excluding tert-OH is 4. The van der Waals surface area contributed by atoms with E-state index >= 15 is 0 Å². The standard InChI is InChI=1S/C17H23NO11/c1-7-13(23)9(4-19)8(3-18-7)5-28-17-16(26)15(25)14(24)10(29-17)6-27-12(22)2-11(20)21/h3,10,14-17,19,23-26H,2,4-6H2,1H3,(H,20,21)/t10-,14+,15+,16-,17-/m1/s1. The molecule has 12 nitrogen and oxygen atoms in total. The Labute approximate surface area is 164 Å². The Bertz CT molecular complexity index is 740. The number of carbonyl (C=O) groups excluding carboxylic acids is 1. The van der Waals surface area contributed by atoms with Gasteiger partial charge in [0, 0.05) is 17.3 Å². The van der Waals surface area contributed by atoms with Crippen molar-refractivity contribution in [3.05, 3.63) is 23.0 Å². The van der Waals surface area contributed by atoms with Crippen LogP contribution in [0.15, 0.2) is 6.20 Å². The number of aryl methyl sites for hydroxylation is 1. The van der Waals surface area contributed by atoms with Gasteiger partial charge in [0.25, 0.3) is 0 Å². The summed E-state index contributed by atoms with van der Waals surface area (Å²) < 4.78 is 15.4. The maximum absolute atomic E-state index is 11.3. The minimum absolute atomic E-state index is 0.169. The molecule has 0 saturated carbocycles. The van der Waals surface area contributed by atoms with E-state index in [1.54, 1.807) is 6.92 Å². The van der Waals surface area contributed by atoms with Crippen LogP contribution in [0, 0.1) is 6.92 Å². The van der Waals surface area contributed by atoms with Gasteiger partial charge in [-0.15, -0.1) is 0 Å². The van der Waals surface area contributed by atoms with Crippen molar-refractivity contribution in [3.63, 3.8) is 0 Å². The summed E-state index contributed by atoms with van der Waals surface area (Å²) in [5.41, 5.74) is 0.771. The molecule has 12 heteroatoms. The minimum Gasteiger partial charge on any atom is -0.506 e. The summed E-state index contributed by atoms with van der Waals surface area (Å²) in [5.74, 6) is -2.68. The van der Waals surface area contributed by atoms with Crippen LogP contribution in [0.3, 0.4) is 0 Å². The van der Waals surface area contributed by atoms with Crippen LogP contribution in [0.5, 0.6) is 5.75 Å². The van der Waals surface area contributed by atoms with Crippen LogP contribution >= 0.6 is 0 Å². The Kier molecular flexibility index (Phi) is 7.84. The highest BCUT2D eigenvalue weighted by Gasteiger charge is 2.44. The number of esters is 1. The van der Waals surface area contributed by atoms with Gasteiger partial charge in [-0.25, -0.2) is 0 Å². The van der Waals surface area contributed by atoms with Crippen molar-refractivity contribution in [2.45, 2.75) is 57.3 Å². The lowest BCUT2D eigenvalue weighted by Gasteiger charge is -2.40. The van der Waals surface area contributed by atoms with E-state index in [1.807, 2.05) is 0 Å². The number of aliphatic hydroxyl groups is 4. The number of ether oxygens (including phenoxy) is 3. The topological polar surface area (TPSA) is 196 Å². The van der Waals surface area contributed by atoms with Crippen molar-refractivity contribution in [2.24, 2.45) is 0 Å². The molecule has 1 aliphatic heterocycles. The van der Waals surface area contributed by atoms with Crippen molar-refractivity contribution < 1.29 is 54.4 Å². The van der Waals surface area contributed by atoms with Gasteiger partial charge < -0.3 is 44.8 Å². The molecule has 1 saturated heterocycles. The molecule has 1 aromatic heterocycles. The number of aromatic nitrogens is 1. The summed E-state index contributed by atoms with van der Waals surface area (Å²) in [6.07, 6.45) is -7.25. The molecule has 0 aliphatic carbocycles. The Balaban J connectivity index is 2.03. The lowest BCUT2D eigenvalue weighted by molar-refractivity contribution is -0.304. The SMILES string of the molecule is Cc1ncc(CO[C@@H]2O[C@H](COC(=O)CC(=O)O)[C@H](O)[C@H](O)[C@H]2O)c(CO)c1O. The summed E-state index contributed by atoms with van der Waals surface area (Å²) in [6, 6.07) is 0. The Morgan fingerprint density at radius 1 is 1.21 bits per heavy atom. The molecule has 0 unspecified atom stereocenters. The number of nitrogens with zero attached hydrogens (tertiary/aromatic N) is 1. The Morgan fingerprint density at radius 3 is 2.52 bits per heavy atom. The summed E-state index contributed by atoms with van der Waals surface area (Å²) in [4.78, 5) is 25.8. The highest BCUT2D eigenvalue weighted by atomic mass is 16.7. The van der Waals surface area contributed by atoms with Gasteiger partial charge in [-0.2, -0.15) is 0 Å². The van der Waals surface area contributed by atoms with Crippen LogP contribution in [0.1, 0.15) is 23.2 Å². The summed E-state index contributed by atoms with van der Waals surface area (Å²) >= 11 is 0. The van der Waals surface area contributed by atoms with E-state index in [4.69, 9.17) is 19.3 Å². The first-order valence-corrected chi connectivity index (χ1v) is 8.61. The van der Waals surface area contributed by atoms with Gasteiger partial charge in [0.2, 0.25) is 0 Å². The third-order valence-corrected chi connectivity index (χ3v) is 4.36. The zero-order valence-corrected chi connectivity index (χ0v) is 15.5. The van der Waals surface area contributed by atoms with Gasteiger partial charge in [-0.05, 0) is 6.92 Å². The van der Waals surface area contributed by atoms with Crippen molar-refractivity contribution in [2.75, 3.05) is 6.61 Å². The maximum Gasteiger partial charge on any atom is 0.317 e. The van der Waals surface area contributed by atoms with Crippen LogP contribution in [-0.2, 0) is 37.0 Å². The van der Waals surface area contributed by atoms with Crippen LogP contribution in [0.4, 0.5) is 0 Å². The van der Waals surface area contributed by atoms with Crippen LogP contribution in [-0.4, -0.2) is 84.9 Å². The smallest absolute Gasteiger partial charge is 0.317 e. The van der Waals surface area contributed by atoms with Crippen LogP contribution in [0.25, 0.3) is 0 Å². The molecule has 0 radical (unpaired) electrons. The predicted octanol–water partition coefficient (Wildman–Crippen LogP) is -2.07. The quantitative estimate of drug-likeness (QED) is 0.200. The average Bonchev–Trinajstić information content (AvgIpc) is 2.67. The normalized spacial score (nSPS) is 26.9. The van der Waals surface area contributed by atoms with E-state index in [0.29, 0.717) is 11.3 Å². The second kappa shape index (κ2) is 9.91. The number of rotatable bonds is 8. The number of carboxylic acids is 1. The minimum atomic E-state index is -1.70. The van der Waals surface area contributed by atoms with E-state index in [2.05, 4.69) is 4.98 Å². The van der Waals surface area contributed by atoms with Gasteiger partial charge >= 0.3 is 11.9 Å². The highest BCUT2D eigenvalue weighted by molar-refractivity contribution is 5.90. The van der Waals surface area contributed by atoms with E-state index in [0.717, 1.165) is 0 Å². The Hall–Kier alpha value is -2.35. The van der Waals surface area contributed by atoms with Gasteiger partial charge in [0.15, 0.2) is 6.29 Å². The summed E-state index contributed by atoms with van der Waals surface area (Å²) in [6.45, 7) is 0.199. The first-order valence-electron chi connectivity index (χ1n) is 8.61. The number of pyridine rings is 1. The second-order valence-electron chi connectivity index (χ2n) is 6.43. The molecule has 5 atom stereocenters. The first-order chi connectivity index (χ1) is 13.6. The molecule has 2 heterocycles. The average molecular weight is 417 g/mol. The zero-order valence-electron chi connectivity index (χ0n) is 15.5. The molecule has 2 rings (SSSR count). The van der Waals surface area contributed by atoms with Gasteiger partial charge in [0.1, 0.15) is 43.2 Å². The number of aromatic hydroxyl groups is 1. The molecule has 6 N–H and O–H groups in total. The van der Waals surface area contributed by atoms with Crippen molar-refractivity contribution in [1.82, 2.24) is 4.98 Å². The highest BCUT2D eigenvalue weighted by Crippen LogP contribution is 2.27. The van der Waals surface area contributed by atoms with Gasteiger partial charge in [-0.1, -0.05) is 0 Å². The molecular weight excluding hydrogens is 394 g/mol. The third-order valence-electron chi connectivity index (χ3n) is 4.36. The number of hydrogen-bond acceptors (Lipinski definition) is 11. The molecule has 0 spiro atoms. The molecule has 29 heavy (non-hydrogen) atoms. The Morgan fingerprint density at radius 2 is 1.90 bits per heavy atom. The molecule has 162 valence electrons. The molecule has 0 aromatic carbocycles. The zero-order chi connectivity index (χ0) is 21.7. The lowest BCUT2D eigenvalue weighted by Crippen LogP contribution is -2.59. The van der Waals surface area contributed by atoms with E-state index in [1.165, 1.54) is 6.20 Å². The first kappa shape index (κ1) is 22.9. The lowest BCUT2D eigenvalue weighted by atomic mass is 9.99. The third kappa shape index (κ3) is 5.59. The molecule has 1 fully saturated rings. The van der Waals surface area contributed by atoms with Crippen molar-refractivity contribution in [1.29, 1.82) is 0 Å². The maximum atomic E-state index is 11.3. The fourth-order valence-electron chi connectivity index (χ4n) is 2.70. The molecule has 0 amide bonds. The van der Waals surface area contributed by atoms with Crippen LogP contribution < -0.4 is 0 Å². The second-order valence-corrected chi connectivity index (χ2v) is 6.43. The number of carbonyl (C=O) groups is 2. The van der Waals surface area contributed by atoms with E-state index < -0.39 is 62.3 Å². The monoisotopic (exact) mass is 417 g/mol. The number of carboxylic acid groups (broad SMARTS) is 1. The number of hydrogen-bond donors (Lipinski definition) is 6. The van der Waals surface area contributed by atoms with Crippen molar-refractivity contribution >= 4 is 11.9 Å². The van der Waals surface area contributed by atoms with Crippen molar-refractivity contribution in [3.8, 4) is 5.75 Å². The molecular formula is C17H23NO11. The van der Waals surface area contributed by atoms with Gasteiger partial charge in [0.05, 0.1) is 18.9 Å². The van der Waals surface area contributed by atoms with Gasteiger partial charge in [-0.3, -0.25) is 14.6 Å². The van der Waals surface area contributed by atoms with E-state index in [9.17, 15) is 35.1 Å². The summed E-state index contributed by atoms with van der Waals surface area (Å²) in [7, 11) is 0.